The van der Waals surface area contributed by atoms with E-state index in [1.165, 1.54) is 126 Å². The number of nitrogens with zero attached hydrogens (tertiary/aromatic N) is 2. The number of anilines is 6. The van der Waals surface area contributed by atoms with Gasteiger partial charge in [0.2, 0.25) is 0 Å². The molecule has 64 heavy (non-hydrogen) atoms. The van der Waals surface area contributed by atoms with E-state index in [1.54, 1.807) is 0 Å². The van der Waals surface area contributed by atoms with Crippen LogP contribution in [0.3, 0.4) is 0 Å². The first-order valence-corrected chi connectivity index (χ1v) is 24.3. The van der Waals surface area contributed by atoms with Crippen molar-refractivity contribution >= 4 is 57.2 Å². The van der Waals surface area contributed by atoms with Gasteiger partial charge in [-0.1, -0.05) is 164 Å². The zero-order valence-electron chi connectivity index (χ0n) is 41.7. The minimum absolute atomic E-state index is 0.0166. The predicted octanol–water partition coefficient (Wildman–Crippen LogP) is 15.0. The summed E-state index contributed by atoms with van der Waals surface area (Å²) in [6, 6.07) is 43.5. The van der Waals surface area contributed by atoms with E-state index < -0.39 is 0 Å². The maximum absolute atomic E-state index is 2.72. The number of fused-ring (bicyclic) bond motifs is 6. The van der Waals surface area contributed by atoms with Gasteiger partial charge in [0.15, 0.2) is 0 Å². The van der Waals surface area contributed by atoms with Gasteiger partial charge in [0.05, 0.1) is 0 Å². The van der Waals surface area contributed by atoms with Crippen molar-refractivity contribution in [3.05, 3.63) is 148 Å². The van der Waals surface area contributed by atoms with Gasteiger partial charge in [0, 0.05) is 34.1 Å². The lowest BCUT2D eigenvalue weighted by Gasteiger charge is -2.48. The van der Waals surface area contributed by atoms with E-state index in [1.807, 2.05) is 0 Å². The summed E-state index contributed by atoms with van der Waals surface area (Å²) >= 11 is 0. The van der Waals surface area contributed by atoms with E-state index in [-0.39, 0.29) is 39.2 Å². The maximum atomic E-state index is 2.72. The Hall–Kier alpha value is -5.02. The zero-order valence-corrected chi connectivity index (χ0v) is 41.7. The molecule has 10 rings (SSSR count). The number of hydrogen-bond acceptors (Lipinski definition) is 2. The van der Waals surface area contributed by atoms with E-state index in [0.29, 0.717) is 0 Å². The fraction of sp³-hybridized carbons (Fsp3) is 0.410. The van der Waals surface area contributed by atoms with Gasteiger partial charge in [-0.3, -0.25) is 0 Å². The molecule has 0 N–H and O–H groups in total. The van der Waals surface area contributed by atoms with Crippen LogP contribution in [0.5, 0.6) is 0 Å². The first kappa shape index (κ1) is 42.9. The molecule has 0 bridgehead atoms. The lowest BCUT2D eigenvalue weighted by Crippen LogP contribution is -2.62. The standard InChI is InChI=1S/C61H71BN2/c1-38-21-22-40(39-19-17-16-18-20-39)31-51(38)64-50-26-23-41(56(2,3)4)32-48(50)62-49-36-46-47(61(14,15)30-29-60(46,12)13)37-52(49)63(53-33-42(57(5,6)7)34-54(64)55(53)62)43-24-25-44-45(35-43)59(10,11)28-27-58(44,8)9/h16-26,31-37H,27-30H2,1-15H3. The van der Waals surface area contributed by atoms with Crippen molar-refractivity contribution in [2.45, 2.75) is 162 Å². The highest BCUT2D eigenvalue weighted by molar-refractivity contribution is 7.00. The second-order valence-corrected chi connectivity index (χ2v) is 24.9. The average molecular weight is 843 g/mol. The molecule has 0 saturated carbocycles. The quantitative estimate of drug-likeness (QED) is 0.164. The molecule has 0 aromatic heterocycles. The SMILES string of the molecule is Cc1ccc(-c2ccccc2)cc1N1c2ccc(C(C)(C)C)cc2B2c3cc4c(cc3N(c3ccc5c(c3)C(C)(C)CCC5(C)C)c3cc(C(C)(C)C)cc1c32)C(C)(C)CCC4(C)C. The summed E-state index contributed by atoms with van der Waals surface area (Å²) in [5.41, 5.74) is 24.7. The molecule has 0 atom stereocenters. The Morgan fingerprint density at radius 2 is 0.969 bits per heavy atom. The summed E-state index contributed by atoms with van der Waals surface area (Å²) in [5, 5.41) is 0. The topological polar surface area (TPSA) is 6.48 Å². The van der Waals surface area contributed by atoms with Gasteiger partial charge in [-0.15, -0.1) is 0 Å². The van der Waals surface area contributed by atoms with Crippen molar-refractivity contribution in [1.29, 1.82) is 0 Å². The van der Waals surface area contributed by atoms with Gasteiger partial charge in [0.25, 0.3) is 6.71 Å². The first-order valence-electron chi connectivity index (χ1n) is 24.3. The van der Waals surface area contributed by atoms with E-state index in [9.17, 15) is 0 Å². The molecular formula is C61H71BN2. The summed E-state index contributed by atoms with van der Waals surface area (Å²) in [7, 11) is 0. The highest BCUT2D eigenvalue weighted by atomic mass is 15.2. The van der Waals surface area contributed by atoms with Gasteiger partial charge >= 0.3 is 0 Å². The van der Waals surface area contributed by atoms with Crippen LogP contribution in [0.1, 0.15) is 162 Å². The zero-order chi connectivity index (χ0) is 45.7. The molecule has 0 unspecified atom stereocenters. The molecule has 0 amide bonds. The lowest BCUT2D eigenvalue weighted by atomic mass is 9.32. The smallest absolute Gasteiger partial charge is 0.252 e. The van der Waals surface area contributed by atoms with Crippen molar-refractivity contribution in [3.8, 4) is 11.1 Å². The maximum Gasteiger partial charge on any atom is 0.252 e. The molecule has 3 heteroatoms. The molecule has 2 nitrogen and oxygen atoms in total. The number of aryl methyl sites for hydroxylation is 1. The van der Waals surface area contributed by atoms with Crippen LogP contribution >= 0.6 is 0 Å². The van der Waals surface area contributed by atoms with Gasteiger partial charge in [-0.2, -0.15) is 0 Å². The van der Waals surface area contributed by atoms with Crippen LogP contribution in [-0.4, -0.2) is 6.71 Å². The fourth-order valence-corrected chi connectivity index (χ4v) is 11.9. The molecule has 2 aliphatic heterocycles. The molecule has 2 heterocycles. The monoisotopic (exact) mass is 843 g/mol. The highest BCUT2D eigenvalue weighted by Gasteiger charge is 2.48. The predicted molar refractivity (Wildman–Crippen MR) is 279 cm³/mol. The molecule has 0 saturated heterocycles. The summed E-state index contributed by atoms with van der Waals surface area (Å²) in [6.07, 6.45) is 4.75. The van der Waals surface area contributed by atoms with Crippen LogP contribution in [0, 0.1) is 6.92 Å². The van der Waals surface area contributed by atoms with Crippen LogP contribution in [0.4, 0.5) is 34.1 Å². The van der Waals surface area contributed by atoms with Crippen molar-refractivity contribution < 1.29 is 0 Å². The van der Waals surface area contributed by atoms with E-state index >= 15 is 0 Å². The van der Waals surface area contributed by atoms with Crippen LogP contribution in [0.25, 0.3) is 11.1 Å². The summed E-state index contributed by atoms with van der Waals surface area (Å²) < 4.78 is 0. The summed E-state index contributed by atoms with van der Waals surface area (Å²) in [5.74, 6) is 0. The van der Waals surface area contributed by atoms with E-state index in [4.69, 9.17) is 0 Å². The molecule has 2 aliphatic carbocycles. The Morgan fingerprint density at radius 1 is 0.422 bits per heavy atom. The Balaban J connectivity index is 1.36. The van der Waals surface area contributed by atoms with Gasteiger partial charge in [-0.25, -0.2) is 0 Å². The van der Waals surface area contributed by atoms with Crippen molar-refractivity contribution in [1.82, 2.24) is 0 Å². The van der Waals surface area contributed by atoms with Crippen molar-refractivity contribution in [2.75, 3.05) is 9.80 Å². The second kappa shape index (κ2) is 14.0. The molecule has 6 aromatic rings. The fourth-order valence-electron chi connectivity index (χ4n) is 11.9. The number of rotatable bonds is 3. The molecule has 0 radical (unpaired) electrons. The third-order valence-electron chi connectivity index (χ3n) is 16.4. The highest BCUT2D eigenvalue weighted by Crippen LogP contribution is 2.53. The normalized spacial score (nSPS) is 18.7. The molecular weight excluding hydrogens is 771 g/mol. The molecule has 0 spiro atoms. The third kappa shape index (κ3) is 6.64. The third-order valence-corrected chi connectivity index (χ3v) is 16.4. The Bertz CT molecular complexity index is 2880. The van der Waals surface area contributed by atoms with Crippen LogP contribution in [-0.2, 0) is 32.5 Å². The second-order valence-electron chi connectivity index (χ2n) is 24.9. The number of hydrogen-bond donors (Lipinski definition) is 0. The van der Waals surface area contributed by atoms with Gasteiger partial charge in [0.1, 0.15) is 0 Å². The minimum atomic E-state index is -0.0975. The van der Waals surface area contributed by atoms with Gasteiger partial charge in [-0.05, 0) is 174 Å². The summed E-state index contributed by atoms with van der Waals surface area (Å²) in [6.45, 7) is 36.4. The van der Waals surface area contributed by atoms with E-state index in [2.05, 4.69) is 223 Å². The molecule has 4 aliphatic rings. The van der Waals surface area contributed by atoms with Crippen LogP contribution in [0.2, 0.25) is 0 Å². The average Bonchev–Trinajstić information content (AvgIpc) is 3.23. The molecule has 328 valence electrons. The Kier molecular flexibility index (Phi) is 9.38. The Morgan fingerprint density at radius 3 is 1.58 bits per heavy atom. The molecule has 6 aromatic carbocycles. The van der Waals surface area contributed by atoms with Gasteiger partial charge < -0.3 is 9.80 Å². The Labute approximate surface area is 386 Å². The minimum Gasteiger partial charge on any atom is -0.311 e. The molecule has 0 fully saturated rings. The largest absolute Gasteiger partial charge is 0.311 e. The van der Waals surface area contributed by atoms with Crippen molar-refractivity contribution in [2.24, 2.45) is 0 Å². The van der Waals surface area contributed by atoms with Crippen LogP contribution < -0.4 is 26.2 Å². The summed E-state index contributed by atoms with van der Waals surface area (Å²) in [4.78, 5) is 5.38. The number of benzene rings is 6. The first-order chi connectivity index (χ1) is 29.9. The van der Waals surface area contributed by atoms with E-state index in [0.717, 1.165) is 0 Å². The lowest BCUT2D eigenvalue weighted by molar-refractivity contribution is 0.332. The van der Waals surface area contributed by atoms with Crippen LogP contribution in [0.15, 0.2) is 109 Å². The van der Waals surface area contributed by atoms with Crippen molar-refractivity contribution in [3.63, 3.8) is 0 Å².